The van der Waals surface area contributed by atoms with Crippen LogP contribution in [0.1, 0.15) is 26.3 Å². The lowest BCUT2D eigenvalue weighted by atomic mass is 9.85. The number of carbonyl (C=O) groups is 4. The number of imide groups is 1. The quantitative estimate of drug-likeness (QED) is 0.152. The number of Topliss-reactive ketones (excluding diaryl/α,β-unsaturated/α-hetero) is 2. The summed E-state index contributed by atoms with van der Waals surface area (Å²) in [6.07, 6.45) is 4.87. The summed E-state index contributed by atoms with van der Waals surface area (Å²) >= 11 is 3.41. The number of anilines is 1. The van der Waals surface area contributed by atoms with Crippen molar-refractivity contribution in [2.24, 2.45) is 11.8 Å². The van der Waals surface area contributed by atoms with E-state index < -0.39 is 40.7 Å². The summed E-state index contributed by atoms with van der Waals surface area (Å²) in [4.78, 5) is 69.1. The fraction of sp³-hybridized carbons (Fsp3) is 0.188. The van der Waals surface area contributed by atoms with Gasteiger partial charge in [0.25, 0.3) is 5.69 Å². The van der Waals surface area contributed by atoms with Gasteiger partial charge in [0.1, 0.15) is 11.8 Å². The minimum absolute atomic E-state index is 0.172. The van der Waals surface area contributed by atoms with E-state index in [1.54, 1.807) is 78.7 Å². The molecule has 0 bridgehead atoms. The number of benzene rings is 3. The molecule has 2 fully saturated rings. The van der Waals surface area contributed by atoms with Gasteiger partial charge in [0.2, 0.25) is 11.8 Å². The van der Waals surface area contributed by atoms with Crippen LogP contribution in [0.5, 0.6) is 5.75 Å². The Hall–Kier alpha value is -4.90. The van der Waals surface area contributed by atoms with Gasteiger partial charge in [0.15, 0.2) is 11.6 Å². The number of amides is 2. The molecule has 11 heteroatoms. The number of halogens is 1. The number of fused-ring (bicyclic) bond motifs is 3. The van der Waals surface area contributed by atoms with E-state index in [-0.39, 0.29) is 22.9 Å². The molecule has 2 saturated heterocycles. The predicted molar refractivity (Wildman–Crippen MR) is 160 cm³/mol. The molecule has 0 saturated carbocycles. The van der Waals surface area contributed by atoms with Crippen LogP contribution in [0.25, 0.3) is 0 Å². The molecule has 3 aromatic rings. The predicted octanol–water partition coefficient (Wildman–Crippen LogP) is 5.05. The Morgan fingerprint density at radius 3 is 2.33 bits per heavy atom. The molecule has 10 nitrogen and oxygen atoms in total. The standard InChI is InChI=1S/C32H24BrN3O7/c1-17-14-21(36(41)42)9-10-23(17)35-31(39)26-24-16-20(29(37)18-6-4-3-5-7-18)12-13-34(24)28(27(26)32(35)40)30(38)19-8-11-25(43-2)22(33)15-19/h3-16,24,26-28H,1-2H3/t24-,26+,27+,28-/m0/s1. The third-order valence-corrected chi connectivity index (χ3v) is 8.80. The SMILES string of the molecule is COc1ccc(C(=O)[C@@H]2[C@@H]3C(=O)N(c4ccc([N+](=O)[O-])cc4C)C(=O)[C@@H]3[C@@H]3C=C(C(=O)c4ccccc4)C=CN23)cc1Br. The van der Waals surface area contributed by atoms with Crippen LogP contribution >= 0.6 is 15.9 Å². The first-order valence-electron chi connectivity index (χ1n) is 13.4. The van der Waals surface area contributed by atoms with E-state index in [0.717, 1.165) is 4.90 Å². The number of nitro benzene ring substituents is 1. The molecule has 0 aliphatic carbocycles. The molecule has 0 aromatic heterocycles. The minimum atomic E-state index is -1.06. The highest BCUT2D eigenvalue weighted by Crippen LogP contribution is 2.48. The number of hydrogen-bond donors (Lipinski definition) is 0. The van der Waals surface area contributed by atoms with Crippen molar-refractivity contribution in [2.75, 3.05) is 12.0 Å². The van der Waals surface area contributed by atoms with E-state index in [1.165, 1.54) is 25.3 Å². The Kier molecular flexibility index (Phi) is 7.05. The van der Waals surface area contributed by atoms with Crippen molar-refractivity contribution >= 4 is 50.7 Å². The van der Waals surface area contributed by atoms with Gasteiger partial charge in [0.05, 0.1) is 40.1 Å². The van der Waals surface area contributed by atoms with Crippen LogP contribution in [-0.4, -0.2) is 52.4 Å². The zero-order valence-electron chi connectivity index (χ0n) is 23.0. The zero-order valence-corrected chi connectivity index (χ0v) is 24.6. The highest BCUT2D eigenvalue weighted by atomic mass is 79.9. The Balaban J connectivity index is 1.44. The number of hydrogen-bond acceptors (Lipinski definition) is 8. The summed E-state index contributed by atoms with van der Waals surface area (Å²) in [6.45, 7) is 1.58. The minimum Gasteiger partial charge on any atom is -0.496 e. The van der Waals surface area contributed by atoms with Crippen molar-refractivity contribution in [3.63, 3.8) is 0 Å². The Morgan fingerprint density at radius 1 is 0.953 bits per heavy atom. The molecule has 4 atom stereocenters. The number of rotatable bonds is 7. The number of ketones is 2. The van der Waals surface area contributed by atoms with Crippen LogP contribution in [0.15, 0.2) is 95.1 Å². The van der Waals surface area contributed by atoms with Crippen molar-refractivity contribution in [3.8, 4) is 5.75 Å². The van der Waals surface area contributed by atoms with Gasteiger partial charge in [-0.25, -0.2) is 4.90 Å². The summed E-state index contributed by atoms with van der Waals surface area (Å²) in [5.74, 6) is -3.25. The molecule has 3 aliphatic heterocycles. The average molecular weight is 642 g/mol. The third-order valence-electron chi connectivity index (χ3n) is 8.18. The number of nitrogens with zero attached hydrogens (tertiary/aromatic N) is 3. The number of ether oxygens (including phenoxy) is 1. The fourth-order valence-corrected chi connectivity index (χ4v) is 6.73. The van der Waals surface area contributed by atoms with Crippen molar-refractivity contribution in [1.82, 2.24) is 4.90 Å². The maximum Gasteiger partial charge on any atom is 0.269 e. The molecular weight excluding hydrogens is 618 g/mol. The van der Waals surface area contributed by atoms with E-state index in [2.05, 4.69) is 15.9 Å². The lowest BCUT2D eigenvalue weighted by Crippen LogP contribution is -2.46. The zero-order chi connectivity index (χ0) is 30.6. The second-order valence-electron chi connectivity index (χ2n) is 10.5. The van der Waals surface area contributed by atoms with Gasteiger partial charge in [-0.1, -0.05) is 36.4 Å². The topological polar surface area (TPSA) is 127 Å². The number of allylic oxidation sites excluding steroid dienone is 2. The highest BCUT2D eigenvalue weighted by molar-refractivity contribution is 9.10. The van der Waals surface area contributed by atoms with Gasteiger partial charge < -0.3 is 9.64 Å². The molecule has 0 spiro atoms. The van der Waals surface area contributed by atoms with E-state index in [1.807, 2.05) is 0 Å². The van der Waals surface area contributed by atoms with Gasteiger partial charge in [-0.15, -0.1) is 0 Å². The van der Waals surface area contributed by atoms with E-state index in [9.17, 15) is 29.3 Å². The second kappa shape index (κ2) is 10.7. The van der Waals surface area contributed by atoms with Crippen LogP contribution in [-0.2, 0) is 9.59 Å². The molecule has 6 rings (SSSR count). The van der Waals surface area contributed by atoms with Crippen LogP contribution in [0.4, 0.5) is 11.4 Å². The Bertz CT molecular complexity index is 1780. The van der Waals surface area contributed by atoms with Crippen molar-refractivity contribution < 1.29 is 28.8 Å². The Morgan fingerprint density at radius 2 is 1.67 bits per heavy atom. The van der Waals surface area contributed by atoms with Gasteiger partial charge in [-0.05, 0) is 58.8 Å². The van der Waals surface area contributed by atoms with Crippen molar-refractivity contribution in [3.05, 3.63) is 122 Å². The normalized spacial score (nSPS) is 22.3. The molecule has 3 aromatic carbocycles. The third kappa shape index (κ3) is 4.56. The first-order chi connectivity index (χ1) is 20.6. The van der Waals surface area contributed by atoms with Crippen molar-refractivity contribution in [1.29, 1.82) is 0 Å². The lowest BCUT2D eigenvalue weighted by Gasteiger charge is -2.33. The van der Waals surface area contributed by atoms with Gasteiger partial charge in [0, 0.05) is 35.0 Å². The largest absolute Gasteiger partial charge is 0.496 e. The number of carbonyl (C=O) groups excluding carboxylic acids is 4. The molecule has 3 aliphatic rings. The maximum absolute atomic E-state index is 14.1. The number of aryl methyl sites for hydroxylation is 1. The monoisotopic (exact) mass is 641 g/mol. The molecular formula is C32H24BrN3O7. The van der Waals surface area contributed by atoms with Crippen molar-refractivity contribution in [2.45, 2.75) is 19.0 Å². The average Bonchev–Trinajstić information content (AvgIpc) is 3.48. The number of methoxy groups -OCH3 is 1. The summed E-state index contributed by atoms with van der Waals surface area (Å²) in [7, 11) is 1.50. The maximum atomic E-state index is 14.1. The van der Waals surface area contributed by atoms with Gasteiger partial charge in [-0.3, -0.25) is 29.3 Å². The summed E-state index contributed by atoms with van der Waals surface area (Å²) in [5.41, 5.74) is 1.54. The van der Waals surface area contributed by atoms with Gasteiger partial charge >= 0.3 is 0 Å². The molecule has 0 N–H and O–H groups in total. The Labute approximate surface area is 254 Å². The van der Waals surface area contributed by atoms with E-state index >= 15 is 0 Å². The first-order valence-corrected chi connectivity index (χ1v) is 14.2. The molecule has 3 heterocycles. The fourth-order valence-electron chi connectivity index (χ4n) is 6.19. The highest BCUT2D eigenvalue weighted by Gasteiger charge is 2.63. The smallest absolute Gasteiger partial charge is 0.269 e. The van der Waals surface area contributed by atoms with Gasteiger partial charge in [-0.2, -0.15) is 0 Å². The van der Waals surface area contributed by atoms with Crippen LogP contribution in [0, 0.1) is 28.9 Å². The molecule has 0 unspecified atom stereocenters. The summed E-state index contributed by atoms with van der Waals surface area (Å²) < 4.78 is 5.84. The molecule has 2 amide bonds. The second-order valence-corrected chi connectivity index (χ2v) is 11.4. The molecule has 216 valence electrons. The first kappa shape index (κ1) is 28.2. The van der Waals surface area contributed by atoms with E-state index in [4.69, 9.17) is 4.74 Å². The van der Waals surface area contributed by atoms with E-state index in [0.29, 0.717) is 32.5 Å². The number of non-ortho nitro benzene ring substituents is 1. The van der Waals surface area contributed by atoms with Crippen LogP contribution in [0.2, 0.25) is 0 Å². The summed E-state index contributed by atoms with van der Waals surface area (Å²) in [5, 5.41) is 11.3. The molecule has 0 radical (unpaired) electrons. The number of nitro groups is 1. The lowest BCUT2D eigenvalue weighted by molar-refractivity contribution is -0.384. The summed E-state index contributed by atoms with van der Waals surface area (Å²) in [6, 6.07) is 15.6. The molecule has 43 heavy (non-hydrogen) atoms. The van der Waals surface area contributed by atoms with Crippen LogP contribution in [0.3, 0.4) is 0 Å². The van der Waals surface area contributed by atoms with Crippen LogP contribution < -0.4 is 9.64 Å².